The Morgan fingerprint density at radius 2 is 1.96 bits per heavy atom. The molecule has 0 saturated heterocycles. The maximum Gasteiger partial charge on any atom is 0.244 e. The first-order valence-corrected chi connectivity index (χ1v) is 9.03. The molecule has 0 saturated carbocycles. The highest BCUT2D eigenvalue weighted by Crippen LogP contribution is 2.17. The number of amides is 1. The highest BCUT2D eigenvalue weighted by molar-refractivity contribution is 5.95. The summed E-state index contributed by atoms with van der Waals surface area (Å²) < 4.78 is 0. The van der Waals surface area contributed by atoms with Crippen molar-refractivity contribution >= 4 is 33.9 Å². The second-order valence-corrected chi connectivity index (χ2v) is 6.35. The van der Waals surface area contributed by atoms with Gasteiger partial charge in [-0.1, -0.05) is 36.4 Å². The zero-order valence-electron chi connectivity index (χ0n) is 14.9. The highest BCUT2D eigenvalue weighted by atomic mass is 16.1. The molecule has 0 fully saturated rings. The summed E-state index contributed by atoms with van der Waals surface area (Å²) in [4.78, 5) is 24.3. The molecule has 0 spiro atoms. The van der Waals surface area contributed by atoms with Crippen LogP contribution in [-0.4, -0.2) is 27.4 Å². The van der Waals surface area contributed by atoms with Crippen molar-refractivity contribution < 1.29 is 4.79 Å². The van der Waals surface area contributed by atoms with Crippen molar-refractivity contribution in [1.82, 2.24) is 20.3 Å². The molecule has 0 radical (unpaired) electrons. The van der Waals surface area contributed by atoms with E-state index in [1.807, 2.05) is 60.7 Å². The second-order valence-electron chi connectivity index (χ2n) is 6.35. The van der Waals surface area contributed by atoms with Gasteiger partial charge in [-0.25, -0.2) is 4.98 Å². The average Bonchev–Trinajstić information content (AvgIpc) is 3.12. The predicted molar refractivity (Wildman–Crippen MR) is 108 cm³/mol. The van der Waals surface area contributed by atoms with E-state index in [2.05, 4.69) is 20.3 Å². The lowest BCUT2D eigenvalue weighted by Crippen LogP contribution is -2.22. The van der Waals surface area contributed by atoms with Gasteiger partial charge in [0.1, 0.15) is 5.82 Å². The van der Waals surface area contributed by atoms with Crippen LogP contribution in [0.25, 0.3) is 28.0 Å². The Balaban J connectivity index is 1.29. The number of rotatable bonds is 6. The number of benzene rings is 2. The van der Waals surface area contributed by atoms with Gasteiger partial charge in [-0.05, 0) is 30.7 Å². The summed E-state index contributed by atoms with van der Waals surface area (Å²) in [6, 6.07) is 17.8. The quantitative estimate of drug-likeness (QED) is 0.407. The molecule has 0 aliphatic carbocycles. The number of aromatic amines is 1. The molecule has 0 unspecified atom stereocenters. The van der Waals surface area contributed by atoms with E-state index in [9.17, 15) is 4.79 Å². The number of carbonyl (C=O) groups is 1. The molecule has 2 heterocycles. The molecule has 1 amide bonds. The van der Waals surface area contributed by atoms with E-state index in [0.29, 0.717) is 6.54 Å². The fourth-order valence-electron chi connectivity index (χ4n) is 3.08. The van der Waals surface area contributed by atoms with Gasteiger partial charge >= 0.3 is 0 Å². The second kappa shape index (κ2) is 7.83. The van der Waals surface area contributed by atoms with Crippen LogP contribution in [0.4, 0.5) is 0 Å². The van der Waals surface area contributed by atoms with Crippen LogP contribution in [0.3, 0.4) is 0 Å². The number of carbonyl (C=O) groups excluding carboxylic acids is 1. The largest absolute Gasteiger partial charge is 0.353 e. The molecule has 2 aromatic heterocycles. The van der Waals surface area contributed by atoms with Gasteiger partial charge in [0, 0.05) is 36.2 Å². The predicted octanol–water partition coefficient (Wildman–Crippen LogP) is 3.87. The minimum Gasteiger partial charge on any atom is -0.353 e. The number of nitrogens with one attached hydrogen (secondary N) is 2. The summed E-state index contributed by atoms with van der Waals surface area (Å²) in [5.74, 6) is 0.843. The number of fused-ring (bicyclic) bond motifs is 2. The van der Waals surface area contributed by atoms with Gasteiger partial charge in [0.25, 0.3) is 0 Å². The lowest BCUT2D eigenvalue weighted by atomic mass is 10.1. The van der Waals surface area contributed by atoms with Crippen LogP contribution in [-0.2, 0) is 11.2 Å². The van der Waals surface area contributed by atoms with E-state index in [1.54, 1.807) is 12.3 Å². The van der Waals surface area contributed by atoms with Gasteiger partial charge in [-0.3, -0.25) is 9.78 Å². The Morgan fingerprint density at radius 3 is 2.89 bits per heavy atom. The summed E-state index contributed by atoms with van der Waals surface area (Å²) in [6.07, 6.45) is 6.76. The minimum absolute atomic E-state index is 0.104. The zero-order chi connectivity index (χ0) is 18.5. The van der Waals surface area contributed by atoms with Gasteiger partial charge in [-0.15, -0.1) is 0 Å². The molecule has 134 valence electrons. The normalized spacial score (nSPS) is 11.4. The molecular formula is C22H20N4O. The Kier molecular flexibility index (Phi) is 4.92. The zero-order valence-corrected chi connectivity index (χ0v) is 14.9. The van der Waals surface area contributed by atoms with Crippen LogP contribution in [0, 0.1) is 0 Å². The molecule has 0 bridgehead atoms. The third-order valence-electron chi connectivity index (χ3n) is 4.41. The van der Waals surface area contributed by atoms with Gasteiger partial charge in [-0.2, -0.15) is 0 Å². The fraction of sp³-hybridized carbons (Fsp3) is 0.136. The van der Waals surface area contributed by atoms with E-state index < -0.39 is 0 Å². The number of aromatic nitrogens is 3. The van der Waals surface area contributed by atoms with E-state index >= 15 is 0 Å². The summed E-state index contributed by atoms with van der Waals surface area (Å²) >= 11 is 0. The molecule has 4 aromatic rings. The van der Waals surface area contributed by atoms with Crippen LogP contribution in [0.1, 0.15) is 17.8 Å². The average molecular weight is 356 g/mol. The summed E-state index contributed by atoms with van der Waals surface area (Å²) in [5.41, 5.74) is 3.85. The Bertz CT molecular complexity index is 1080. The van der Waals surface area contributed by atoms with E-state index in [0.717, 1.165) is 46.2 Å². The van der Waals surface area contributed by atoms with Gasteiger partial charge in [0.05, 0.1) is 16.6 Å². The van der Waals surface area contributed by atoms with Crippen molar-refractivity contribution in [2.45, 2.75) is 12.8 Å². The molecular weight excluding hydrogens is 336 g/mol. The minimum atomic E-state index is -0.104. The van der Waals surface area contributed by atoms with Gasteiger partial charge in [0.15, 0.2) is 0 Å². The summed E-state index contributed by atoms with van der Waals surface area (Å²) in [7, 11) is 0. The molecule has 27 heavy (non-hydrogen) atoms. The first-order valence-electron chi connectivity index (χ1n) is 9.03. The number of aryl methyl sites for hydroxylation is 1. The van der Waals surface area contributed by atoms with E-state index in [1.165, 1.54) is 0 Å². The van der Waals surface area contributed by atoms with E-state index in [4.69, 9.17) is 0 Å². The van der Waals surface area contributed by atoms with Gasteiger partial charge < -0.3 is 10.3 Å². The van der Waals surface area contributed by atoms with Crippen LogP contribution < -0.4 is 5.32 Å². The molecule has 2 aromatic carbocycles. The summed E-state index contributed by atoms with van der Waals surface area (Å²) in [6.45, 7) is 0.605. The Labute approximate surface area is 157 Å². The highest BCUT2D eigenvalue weighted by Gasteiger charge is 2.03. The van der Waals surface area contributed by atoms with Crippen LogP contribution in [0.2, 0.25) is 0 Å². The molecule has 5 nitrogen and oxygen atoms in total. The number of hydrogen-bond donors (Lipinski definition) is 2. The first-order chi connectivity index (χ1) is 13.3. The van der Waals surface area contributed by atoms with Crippen LogP contribution in [0.15, 0.2) is 66.9 Å². The maximum absolute atomic E-state index is 12.1. The van der Waals surface area contributed by atoms with Crippen LogP contribution >= 0.6 is 0 Å². The first kappa shape index (κ1) is 17.0. The topological polar surface area (TPSA) is 70.7 Å². The Morgan fingerprint density at radius 1 is 1.07 bits per heavy atom. The number of H-pyrrole nitrogens is 1. The molecule has 2 N–H and O–H groups in total. The molecule has 0 aliphatic heterocycles. The number of para-hydroxylation sites is 3. The van der Waals surface area contributed by atoms with Crippen molar-refractivity contribution in [3.8, 4) is 0 Å². The lowest BCUT2D eigenvalue weighted by molar-refractivity contribution is -0.116. The van der Waals surface area contributed by atoms with Gasteiger partial charge in [0.2, 0.25) is 5.91 Å². The van der Waals surface area contributed by atoms with Crippen LogP contribution in [0.5, 0.6) is 0 Å². The molecule has 5 heteroatoms. The van der Waals surface area contributed by atoms with Crippen molar-refractivity contribution in [1.29, 1.82) is 0 Å². The lowest BCUT2D eigenvalue weighted by Gasteiger charge is -2.02. The van der Waals surface area contributed by atoms with E-state index in [-0.39, 0.29) is 5.91 Å². The van der Waals surface area contributed by atoms with Crippen molar-refractivity contribution in [2.75, 3.05) is 6.54 Å². The van der Waals surface area contributed by atoms with Crippen molar-refractivity contribution in [3.63, 3.8) is 0 Å². The van der Waals surface area contributed by atoms with Crippen molar-refractivity contribution in [3.05, 3.63) is 78.3 Å². The number of nitrogens with zero attached hydrogens (tertiary/aromatic N) is 2. The number of hydrogen-bond acceptors (Lipinski definition) is 3. The third-order valence-corrected chi connectivity index (χ3v) is 4.41. The molecule has 0 atom stereocenters. The third kappa shape index (κ3) is 4.03. The Hall–Kier alpha value is -3.47. The smallest absolute Gasteiger partial charge is 0.244 e. The summed E-state index contributed by atoms with van der Waals surface area (Å²) in [5, 5.41) is 3.98. The number of pyridine rings is 1. The standard InChI is InChI=1S/C22H20N4O/c27-21(13-12-17-7-3-6-16-8-4-15-24-22(16)17)23-14-5-11-20-25-18-9-1-2-10-19(18)26-20/h1-4,6-10,12-13,15H,5,11,14H2,(H,23,27)(H,25,26)/b13-12+. The molecule has 0 aliphatic rings. The monoisotopic (exact) mass is 356 g/mol. The van der Waals surface area contributed by atoms with Crippen molar-refractivity contribution in [2.24, 2.45) is 0 Å². The number of imidazole rings is 1. The fourth-order valence-corrected chi connectivity index (χ4v) is 3.08. The maximum atomic E-state index is 12.1. The SMILES string of the molecule is O=C(/C=C/c1cccc2cccnc12)NCCCc1nc2ccccc2[nH]1. The molecule has 4 rings (SSSR count).